The fourth-order valence-corrected chi connectivity index (χ4v) is 2.39. The van der Waals surface area contributed by atoms with E-state index in [1.165, 1.54) is 5.56 Å². The van der Waals surface area contributed by atoms with Gasteiger partial charge in [-0.2, -0.15) is 0 Å². The Morgan fingerprint density at radius 2 is 2.12 bits per heavy atom. The molecule has 1 fully saturated rings. The summed E-state index contributed by atoms with van der Waals surface area (Å²) in [5.41, 5.74) is 1.41. The van der Waals surface area contributed by atoms with E-state index in [1.54, 1.807) is 0 Å². The summed E-state index contributed by atoms with van der Waals surface area (Å²) in [6.45, 7) is 5.23. The van der Waals surface area contributed by atoms with E-state index in [0.717, 1.165) is 32.5 Å². The number of hydrogen-bond donors (Lipinski definition) is 1. The summed E-state index contributed by atoms with van der Waals surface area (Å²) in [4.78, 5) is 2.46. The van der Waals surface area contributed by atoms with Gasteiger partial charge in [0.15, 0.2) is 0 Å². The maximum atomic E-state index is 9.53. The third-order valence-corrected chi connectivity index (χ3v) is 3.55. The molecule has 1 N–H and O–H groups in total. The lowest BCUT2D eigenvalue weighted by atomic mass is 10.0. The second kappa shape index (κ2) is 5.46. The highest BCUT2D eigenvalue weighted by molar-refractivity contribution is 5.14. The molecule has 2 rings (SSSR count). The summed E-state index contributed by atoms with van der Waals surface area (Å²) >= 11 is 0. The molecular formula is C14H21NO. The van der Waals surface area contributed by atoms with Crippen LogP contribution in [0, 0.1) is 5.92 Å². The number of aliphatic hydroxyl groups is 1. The third kappa shape index (κ3) is 3.06. The average molecular weight is 219 g/mol. The second-order valence-corrected chi connectivity index (χ2v) is 4.83. The van der Waals surface area contributed by atoms with Crippen molar-refractivity contribution in [2.45, 2.75) is 25.9 Å². The lowest BCUT2D eigenvalue weighted by molar-refractivity contribution is 0.128. The van der Waals surface area contributed by atoms with Crippen molar-refractivity contribution >= 4 is 0 Å². The van der Waals surface area contributed by atoms with Crippen molar-refractivity contribution in [3.8, 4) is 0 Å². The van der Waals surface area contributed by atoms with Crippen LogP contribution >= 0.6 is 0 Å². The summed E-state index contributed by atoms with van der Waals surface area (Å²) in [5, 5.41) is 9.53. The zero-order valence-electron chi connectivity index (χ0n) is 9.97. The Morgan fingerprint density at radius 1 is 1.38 bits per heavy atom. The highest BCUT2D eigenvalue weighted by Crippen LogP contribution is 2.19. The summed E-state index contributed by atoms with van der Waals surface area (Å²) in [7, 11) is 0. The molecule has 2 unspecified atom stereocenters. The topological polar surface area (TPSA) is 23.5 Å². The maximum absolute atomic E-state index is 9.53. The number of nitrogens with zero attached hydrogens (tertiary/aromatic N) is 1. The van der Waals surface area contributed by atoms with Crippen molar-refractivity contribution in [2.75, 3.05) is 19.6 Å². The Balaban J connectivity index is 1.76. The average Bonchev–Trinajstić information content (AvgIpc) is 2.76. The maximum Gasteiger partial charge on any atom is 0.0552 e. The number of aliphatic hydroxyl groups excluding tert-OH is 1. The van der Waals surface area contributed by atoms with Crippen LogP contribution < -0.4 is 0 Å². The molecule has 0 amide bonds. The van der Waals surface area contributed by atoms with Crippen LogP contribution in [0.4, 0.5) is 0 Å². The van der Waals surface area contributed by atoms with Gasteiger partial charge in [0.1, 0.15) is 0 Å². The van der Waals surface area contributed by atoms with E-state index in [0.29, 0.717) is 5.92 Å². The van der Waals surface area contributed by atoms with Crippen LogP contribution in [0.25, 0.3) is 0 Å². The molecule has 1 aromatic rings. The van der Waals surface area contributed by atoms with Crippen molar-refractivity contribution in [1.82, 2.24) is 4.90 Å². The van der Waals surface area contributed by atoms with Gasteiger partial charge in [0.05, 0.1) is 6.10 Å². The minimum atomic E-state index is -0.151. The van der Waals surface area contributed by atoms with Crippen LogP contribution in [-0.2, 0) is 6.42 Å². The van der Waals surface area contributed by atoms with Gasteiger partial charge in [-0.1, -0.05) is 30.3 Å². The predicted molar refractivity (Wildman–Crippen MR) is 66.4 cm³/mol. The van der Waals surface area contributed by atoms with Gasteiger partial charge in [0, 0.05) is 13.1 Å². The highest BCUT2D eigenvalue weighted by Gasteiger charge is 2.25. The van der Waals surface area contributed by atoms with Crippen LogP contribution in [0.1, 0.15) is 18.9 Å². The largest absolute Gasteiger partial charge is 0.393 e. The highest BCUT2D eigenvalue weighted by atomic mass is 16.3. The normalized spacial score (nSPS) is 23.5. The number of likely N-dealkylation sites (tertiary alicyclic amines) is 1. The fraction of sp³-hybridized carbons (Fsp3) is 0.571. The van der Waals surface area contributed by atoms with Crippen molar-refractivity contribution in [3.63, 3.8) is 0 Å². The van der Waals surface area contributed by atoms with Gasteiger partial charge in [-0.15, -0.1) is 0 Å². The molecule has 88 valence electrons. The monoisotopic (exact) mass is 219 g/mol. The molecule has 0 spiro atoms. The van der Waals surface area contributed by atoms with Crippen LogP contribution in [0.5, 0.6) is 0 Å². The van der Waals surface area contributed by atoms with E-state index < -0.39 is 0 Å². The standard InChI is InChI=1S/C14H21NO/c1-12(16)14-8-10-15(11-14)9-7-13-5-3-2-4-6-13/h2-6,12,14,16H,7-11H2,1H3. The smallest absolute Gasteiger partial charge is 0.0552 e. The lowest BCUT2D eigenvalue weighted by Gasteiger charge is -2.17. The first-order chi connectivity index (χ1) is 7.75. The van der Waals surface area contributed by atoms with E-state index >= 15 is 0 Å². The number of rotatable bonds is 4. The lowest BCUT2D eigenvalue weighted by Crippen LogP contribution is -2.26. The molecule has 1 heterocycles. The van der Waals surface area contributed by atoms with Crippen molar-refractivity contribution in [3.05, 3.63) is 35.9 Å². The molecule has 0 radical (unpaired) electrons. The van der Waals surface area contributed by atoms with E-state index in [-0.39, 0.29) is 6.10 Å². The van der Waals surface area contributed by atoms with E-state index in [4.69, 9.17) is 0 Å². The molecule has 0 saturated carbocycles. The first-order valence-electron chi connectivity index (χ1n) is 6.20. The van der Waals surface area contributed by atoms with Crippen molar-refractivity contribution in [1.29, 1.82) is 0 Å². The number of hydrogen-bond acceptors (Lipinski definition) is 2. The third-order valence-electron chi connectivity index (χ3n) is 3.55. The summed E-state index contributed by atoms with van der Waals surface area (Å²) in [5.74, 6) is 0.482. The van der Waals surface area contributed by atoms with E-state index in [2.05, 4.69) is 35.2 Å². The minimum Gasteiger partial charge on any atom is -0.393 e. The predicted octanol–water partition coefficient (Wildman–Crippen LogP) is 1.93. The molecule has 1 aromatic carbocycles. The van der Waals surface area contributed by atoms with Gasteiger partial charge < -0.3 is 10.0 Å². The fourth-order valence-electron chi connectivity index (χ4n) is 2.39. The molecular weight excluding hydrogens is 198 g/mol. The molecule has 2 atom stereocenters. The van der Waals surface area contributed by atoms with Crippen LogP contribution in [0.15, 0.2) is 30.3 Å². The molecule has 0 bridgehead atoms. The minimum absolute atomic E-state index is 0.151. The van der Waals surface area contributed by atoms with Crippen LogP contribution in [-0.4, -0.2) is 35.7 Å². The first-order valence-corrected chi connectivity index (χ1v) is 6.20. The van der Waals surface area contributed by atoms with Crippen LogP contribution in [0.3, 0.4) is 0 Å². The summed E-state index contributed by atoms with van der Waals surface area (Å²) < 4.78 is 0. The summed E-state index contributed by atoms with van der Waals surface area (Å²) in [6.07, 6.45) is 2.11. The van der Waals surface area contributed by atoms with E-state index in [1.807, 2.05) is 6.92 Å². The van der Waals surface area contributed by atoms with E-state index in [9.17, 15) is 5.11 Å². The molecule has 2 heteroatoms. The number of benzene rings is 1. The van der Waals surface area contributed by atoms with Crippen molar-refractivity contribution < 1.29 is 5.11 Å². The van der Waals surface area contributed by atoms with Gasteiger partial charge in [-0.25, -0.2) is 0 Å². The van der Waals surface area contributed by atoms with Gasteiger partial charge >= 0.3 is 0 Å². The van der Waals surface area contributed by atoms with Crippen molar-refractivity contribution in [2.24, 2.45) is 5.92 Å². The Bertz CT molecular complexity index is 310. The zero-order valence-corrected chi connectivity index (χ0v) is 9.97. The zero-order chi connectivity index (χ0) is 11.4. The first kappa shape index (κ1) is 11.6. The quantitative estimate of drug-likeness (QED) is 0.836. The summed E-state index contributed by atoms with van der Waals surface area (Å²) in [6, 6.07) is 10.6. The van der Waals surface area contributed by atoms with Gasteiger partial charge in [0.2, 0.25) is 0 Å². The Labute approximate surface area is 97.9 Å². The van der Waals surface area contributed by atoms with Gasteiger partial charge in [0.25, 0.3) is 0 Å². The van der Waals surface area contributed by atoms with Crippen LogP contribution in [0.2, 0.25) is 0 Å². The SMILES string of the molecule is CC(O)C1CCN(CCc2ccccc2)C1. The second-order valence-electron chi connectivity index (χ2n) is 4.83. The molecule has 1 saturated heterocycles. The molecule has 1 aliphatic heterocycles. The Hall–Kier alpha value is -0.860. The Morgan fingerprint density at radius 3 is 2.75 bits per heavy atom. The molecule has 16 heavy (non-hydrogen) atoms. The Kier molecular flexibility index (Phi) is 3.97. The van der Waals surface area contributed by atoms with Gasteiger partial charge in [-0.3, -0.25) is 0 Å². The van der Waals surface area contributed by atoms with Gasteiger partial charge in [-0.05, 0) is 37.8 Å². The molecule has 2 nitrogen and oxygen atoms in total. The molecule has 1 aliphatic rings. The molecule has 0 aromatic heterocycles. The molecule has 0 aliphatic carbocycles.